The first-order valence-electron chi connectivity index (χ1n) is 5.40. The number of nitrogens with two attached hydrogens (primary N) is 2. The fraction of sp³-hybridized carbons (Fsp3) is 0.900. The van der Waals surface area contributed by atoms with Gasteiger partial charge in [-0.2, -0.15) is 0 Å². The molecule has 2 unspecified atom stereocenters. The number of amides is 1. The first-order valence-corrected chi connectivity index (χ1v) is 5.40. The molecule has 1 fully saturated rings. The van der Waals surface area contributed by atoms with Gasteiger partial charge in [0.2, 0.25) is 5.91 Å². The Hall–Kier alpha value is -0.610. The van der Waals surface area contributed by atoms with E-state index in [1.54, 1.807) is 0 Å². The highest BCUT2D eigenvalue weighted by Gasteiger charge is 2.20. The van der Waals surface area contributed by atoms with Crippen LogP contribution in [0, 0.1) is 0 Å². The zero-order chi connectivity index (χ0) is 10.6. The molecule has 0 spiro atoms. The van der Waals surface area contributed by atoms with Crippen molar-refractivity contribution in [3.8, 4) is 0 Å². The summed E-state index contributed by atoms with van der Waals surface area (Å²) in [6.45, 7) is 3.84. The van der Waals surface area contributed by atoms with Gasteiger partial charge in [-0.15, -0.1) is 0 Å². The van der Waals surface area contributed by atoms with Gasteiger partial charge in [-0.3, -0.25) is 9.69 Å². The molecule has 1 aliphatic heterocycles. The number of nitrogens with zero attached hydrogens (tertiary/aromatic N) is 1. The third-order valence-corrected chi connectivity index (χ3v) is 2.99. The fourth-order valence-corrected chi connectivity index (χ4v) is 1.95. The van der Waals surface area contributed by atoms with Crippen LogP contribution in [0.2, 0.25) is 0 Å². The van der Waals surface area contributed by atoms with Crippen molar-refractivity contribution in [2.45, 2.75) is 44.7 Å². The van der Waals surface area contributed by atoms with E-state index >= 15 is 0 Å². The van der Waals surface area contributed by atoms with Crippen LogP contribution >= 0.6 is 0 Å². The van der Waals surface area contributed by atoms with E-state index in [2.05, 4.69) is 11.8 Å². The second kappa shape index (κ2) is 5.32. The molecule has 2 atom stereocenters. The number of carbonyl (C=O) groups excluding carboxylic acids is 1. The van der Waals surface area contributed by atoms with Crippen molar-refractivity contribution in [3.63, 3.8) is 0 Å². The second-order valence-corrected chi connectivity index (χ2v) is 4.20. The third-order valence-electron chi connectivity index (χ3n) is 2.99. The molecule has 1 heterocycles. The van der Waals surface area contributed by atoms with Gasteiger partial charge in [0, 0.05) is 12.6 Å². The van der Waals surface area contributed by atoms with Crippen molar-refractivity contribution < 1.29 is 4.79 Å². The summed E-state index contributed by atoms with van der Waals surface area (Å²) in [4.78, 5) is 13.1. The molecule has 4 heteroatoms. The number of likely N-dealkylation sites (tertiary alicyclic amines) is 1. The second-order valence-electron chi connectivity index (χ2n) is 4.20. The maximum atomic E-state index is 10.8. The number of primary amides is 1. The summed E-state index contributed by atoms with van der Waals surface area (Å²) in [6, 6.07) is 0.0125. The topological polar surface area (TPSA) is 72.3 Å². The molecule has 1 saturated heterocycles. The quantitative estimate of drug-likeness (QED) is 0.675. The van der Waals surface area contributed by atoms with Crippen LogP contribution in [0.15, 0.2) is 0 Å². The van der Waals surface area contributed by atoms with Crippen LogP contribution in [-0.2, 0) is 4.79 Å². The number of rotatable bonds is 3. The Morgan fingerprint density at radius 2 is 2.21 bits per heavy atom. The Morgan fingerprint density at radius 3 is 2.86 bits per heavy atom. The van der Waals surface area contributed by atoms with Crippen molar-refractivity contribution in [2.24, 2.45) is 11.5 Å². The summed E-state index contributed by atoms with van der Waals surface area (Å²) < 4.78 is 0. The van der Waals surface area contributed by atoms with Crippen LogP contribution in [0.3, 0.4) is 0 Å². The van der Waals surface area contributed by atoms with Crippen LogP contribution in [0.1, 0.15) is 32.6 Å². The Kier molecular flexibility index (Phi) is 4.35. The Bertz CT molecular complexity index is 196. The van der Waals surface area contributed by atoms with Crippen molar-refractivity contribution in [3.05, 3.63) is 0 Å². The molecule has 0 aromatic heterocycles. The zero-order valence-corrected chi connectivity index (χ0v) is 8.91. The lowest BCUT2D eigenvalue weighted by molar-refractivity contribution is -0.119. The van der Waals surface area contributed by atoms with Crippen LogP contribution in [0.4, 0.5) is 0 Å². The number of hydrogen-bond donors (Lipinski definition) is 2. The molecule has 0 aromatic rings. The minimum Gasteiger partial charge on any atom is -0.368 e. The van der Waals surface area contributed by atoms with Gasteiger partial charge < -0.3 is 11.5 Å². The van der Waals surface area contributed by atoms with E-state index in [0.717, 1.165) is 6.54 Å². The van der Waals surface area contributed by atoms with Crippen LogP contribution in [0.25, 0.3) is 0 Å². The van der Waals surface area contributed by atoms with E-state index in [0.29, 0.717) is 12.6 Å². The van der Waals surface area contributed by atoms with Crippen molar-refractivity contribution in [1.82, 2.24) is 4.90 Å². The summed E-state index contributed by atoms with van der Waals surface area (Å²) in [5.74, 6) is -0.401. The van der Waals surface area contributed by atoms with Crippen molar-refractivity contribution >= 4 is 5.91 Å². The molecule has 14 heavy (non-hydrogen) atoms. The lowest BCUT2D eigenvalue weighted by Gasteiger charge is -2.28. The van der Waals surface area contributed by atoms with Crippen LogP contribution in [-0.4, -0.2) is 36.0 Å². The van der Waals surface area contributed by atoms with Crippen molar-refractivity contribution in [1.29, 1.82) is 0 Å². The molecular weight excluding hydrogens is 178 g/mol. The average molecular weight is 199 g/mol. The zero-order valence-electron chi connectivity index (χ0n) is 8.91. The van der Waals surface area contributed by atoms with Crippen molar-refractivity contribution in [2.75, 3.05) is 13.1 Å². The SMILES string of the molecule is CC1CCCCCN1CC(N)C(N)=O. The Balaban J connectivity index is 2.43. The molecule has 0 saturated carbocycles. The predicted octanol–water partition coefficient (Wildman–Crippen LogP) is 0.0635. The first-order chi connectivity index (χ1) is 6.61. The molecule has 0 aromatic carbocycles. The van der Waals surface area contributed by atoms with Gasteiger partial charge in [0.25, 0.3) is 0 Å². The third kappa shape index (κ3) is 3.27. The number of carbonyl (C=O) groups is 1. The minimum absolute atomic E-state index is 0.401. The van der Waals surface area contributed by atoms with E-state index in [4.69, 9.17) is 11.5 Å². The highest BCUT2D eigenvalue weighted by Crippen LogP contribution is 2.15. The normalized spacial score (nSPS) is 26.9. The molecule has 82 valence electrons. The van der Waals surface area contributed by atoms with Crippen LogP contribution in [0.5, 0.6) is 0 Å². The molecule has 1 rings (SSSR count). The summed E-state index contributed by atoms with van der Waals surface area (Å²) >= 11 is 0. The van der Waals surface area contributed by atoms with E-state index in [9.17, 15) is 4.79 Å². The molecule has 0 radical (unpaired) electrons. The van der Waals surface area contributed by atoms with Gasteiger partial charge in [0.1, 0.15) is 0 Å². The van der Waals surface area contributed by atoms with E-state index in [1.807, 2.05) is 0 Å². The predicted molar refractivity (Wildman–Crippen MR) is 56.7 cm³/mol. The maximum Gasteiger partial charge on any atom is 0.235 e. The van der Waals surface area contributed by atoms with Gasteiger partial charge in [0.05, 0.1) is 6.04 Å². The molecule has 4 nitrogen and oxygen atoms in total. The lowest BCUT2D eigenvalue weighted by Crippen LogP contribution is -2.48. The molecule has 1 aliphatic rings. The minimum atomic E-state index is -0.518. The van der Waals surface area contributed by atoms with Gasteiger partial charge in [-0.25, -0.2) is 0 Å². The highest BCUT2D eigenvalue weighted by molar-refractivity contribution is 5.79. The summed E-state index contributed by atoms with van der Waals surface area (Å²) in [7, 11) is 0. The monoisotopic (exact) mass is 199 g/mol. The molecule has 1 amide bonds. The van der Waals surface area contributed by atoms with Gasteiger partial charge in [-0.1, -0.05) is 12.8 Å². The number of hydrogen-bond acceptors (Lipinski definition) is 3. The first kappa shape index (κ1) is 11.5. The van der Waals surface area contributed by atoms with Gasteiger partial charge in [-0.05, 0) is 26.3 Å². The van der Waals surface area contributed by atoms with E-state index in [-0.39, 0.29) is 0 Å². The summed E-state index contributed by atoms with van der Waals surface area (Å²) in [5, 5.41) is 0. The standard InChI is InChI=1S/C10H21N3O/c1-8-5-3-2-4-6-13(8)7-9(11)10(12)14/h8-9H,2-7,11H2,1H3,(H2,12,14). The van der Waals surface area contributed by atoms with E-state index in [1.165, 1.54) is 25.7 Å². The molecule has 4 N–H and O–H groups in total. The van der Waals surface area contributed by atoms with Gasteiger partial charge in [0.15, 0.2) is 0 Å². The molecular formula is C10H21N3O. The summed E-state index contributed by atoms with van der Waals surface area (Å²) in [6.07, 6.45) is 4.97. The smallest absolute Gasteiger partial charge is 0.235 e. The van der Waals surface area contributed by atoms with Gasteiger partial charge >= 0.3 is 0 Å². The fourth-order valence-electron chi connectivity index (χ4n) is 1.95. The maximum absolute atomic E-state index is 10.8. The highest BCUT2D eigenvalue weighted by atomic mass is 16.1. The average Bonchev–Trinajstić information content (AvgIpc) is 2.32. The Labute approximate surface area is 85.6 Å². The van der Waals surface area contributed by atoms with E-state index < -0.39 is 11.9 Å². The lowest BCUT2D eigenvalue weighted by atomic mass is 10.1. The largest absolute Gasteiger partial charge is 0.368 e. The molecule has 0 bridgehead atoms. The summed E-state index contributed by atoms with van der Waals surface area (Å²) in [5.41, 5.74) is 10.8. The van der Waals surface area contributed by atoms with Crippen LogP contribution < -0.4 is 11.5 Å². The molecule has 0 aliphatic carbocycles. The Morgan fingerprint density at radius 1 is 1.50 bits per heavy atom.